The summed E-state index contributed by atoms with van der Waals surface area (Å²) < 4.78 is 0. The molecule has 1 unspecified atom stereocenters. The molecule has 0 saturated heterocycles. The van der Waals surface area contributed by atoms with Gasteiger partial charge in [0.15, 0.2) is 0 Å². The van der Waals surface area contributed by atoms with Gasteiger partial charge in [0.1, 0.15) is 0 Å². The van der Waals surface area contributed by atoms with E-state index in [0.29, 0.717) is 0 Å². The van der Waals surface area contributed by atoms with Crippen molar-refractivity contribution in [3.8, 4) is 0 Å². The van der Waals surface area contributed by atoms with Crippen LogP contribution in [-0.2, 0) is 5.41 Å². The van der Waals surface area contributed by atoms with Crippen molar-refractivity contribution >= 4 is 0 Å². The van der Waals surface area contributed by atoms with Gasteiger partial charge < -0.3 is 5.32 Å². The van der Waals surface area contributed by atoms with Crippen LogP contribution < -0.4 is 5.32 Å². The Hall–Kier alpha value is -0.820. The zero-order chi connectivity index (χ0) is 9.03. The number of nitrogens with one attached hydrogen (secondary N) is 1. The van der Waals surface area contributed by atoms with Crippen molar-refractivity contribution in [2.75, 3.05) is 13.6 Å². The first kappa shape index (κ1) is 9.27. The van der Waals surface area contributed by atoms with E-state index >= 15 is 0 Å². The van der Waals surface area contributed by atoms with Gasteiger partial charge in [0.05, 0.1) is 0 Å². The Balaban J connectivity index is 2.82. The Bertz CT molecular complexity index is 226. The summed E-state index contributed by atoms with van der Waals surface area (Å²) >= 11 is 0. The first-order chi connectivity index (χ1) is 5.67. The zero-order valence-corrected chi connectivity index (χ0v) is 7.80. The van der Waals surface area contributed by atoms with Crippen LogP contribution in [0.25, 0.3) is 0 Å². The Morgan fingerprint density at radius 2 is 1.92 bits per heavy atom. The van der Waals surface area contributed by atoms with E-state index in [0.717, 1.165) is 6.54 Å². The number of benzene rings is 1. The number of likely N-dealkylation sites (N-methyl/N-ethyl adjacent to an activating group) is 1. The Morgan fingerprint density at radius 1 is 1.33 bits per heavy atom. The van der Waals surface area contributed by atoms with E-state index in [1.54, 1.807) is 0 Å². The molecule has 12 heavy (non-hydrogen) atoms. The highest BCUT2D eigenvalue weighted by atomic mass is 14.8. The molecule has 0 fully saturated rings. The number of rotatable bonds is 3. The van der Waals surface area contributed by atoms with Gasteiger partial charge in [-0.25, -0.2) is 0 Å². The third kappa shape index (κ3) is 2.08. The fourth-order valence-electron chi connectivity index (χ4n) is 1.33. The molecule has 1 radical (unpaired) electrons. The largest absolute Gasteiger partial charge is 0.319 e. The van der Waals surface area contributed by atoms with Crippen LogP contribution in [-0.4, -0.2) is 13.6 Å². The minimum Gasteiger partial charge on any atom is -0.319 e. The molecule has 0 aliphatic rings. The highest BCUT2D eigenvalue weighted by Crippen LogP contribution is 2.20. The Morgan fingerprint density at radius 3 is 2.42 bits per heavy atom. The van der Waals surface area contributed by atoms with Gasteiger partial charge in [0, 0.05) is 12.0 Å². The second-order valence-corrected chi connectivity index (χ2v) is 3.46. The van der Waals surface area contributed by atoms with E-state index in [4.69, 9.17) is 0 Å². The molecule has 1 aromatic carbocycles. The molecule has 0 bridgehead atoms. The minimum atomic E-state index is -0.0178. The van der Waals surface area contributed by atoms with Crippen molar-refractivity contribution in [1.82, 2.24) is 5.32 Å². The molecular formula is C11H16N. The predicted octanol–water partition coefficient (Wildman–Crippen LogP) is 2.00. The smallest absolute Gasteiger partial charge is 0.00497 e. The van der Waals surface area contributed by atoms with Gasteiger partial charge in [-0.05, 0) is 19.5 Å². The monoisotopic (exact) mass is 162 g/mol. The predicted molar refractivity (Wildman–Crippen MR) is 53.1 cm³/mol. The van der Waals surface area contributed by atoms with Crippen LogP contribution in [0.1, 0.15) is 12.5 Å². The maximum atomic E-state index is 4.17. The second kappa shape index (κ2) is 3.72. The zero-order valence-electron chi connectivity index (χ0n) is 7.80. The number of hydrogen-bond donors (Lipinski definition) is 1. The molecule has 1 N–H and O–H groups in total. The van der Waals surface area contributed by atoms with E-state index < -0.39 is 0 Å². The lowest BCUT2D eigenvalue weighted by atomic mass is 9.85. The van der Waals surface area contributed by atoms with Crippen molar-refractivity contribution in [3.63, 3.8) is 0 Å². The summed E-state index contributed by atoms with van der Waals surface area (Å²) in [6, 6.07) is 10.4. The average molecular weight is 162 g/mol. The SMILES string of the molecule is [CH2]C(C)(CNC)c1ccccc1. The van der Waals surface area contributed by atoms with Gasteiger partial charge >= 0.3 is 0 Å². The van der Waals surface area contributed by atoms with Gasteiger partial charge in [-0.2, -0.15) is 0 Å². The quantitative estimate of drug-likeness (QED) is 0.716. The van der Waals surface area contributed by atoms with Crippen LogP contribution >= 0.6 is 0 Å². The molecule has 1 rings (SSSR count). The van der Waals surface area contributed by atoms with Crippen molar-refractivity contribution in [2.24, 2.45) is 0 Å². The highest BCUT2D eigenvalue weighted by molar-refractivity contribution is 5.25. The first-order valence-corrected chi connectivity index (χ1v) is 4.22. The van der Waals surface area contributed by atoms with Crippen LogP contribution in [0.3, 0.4) is 0 Å². The molecule has 65 valence electrons. The van der Waals surface area contributed by atoms with E-state index in [-0.39, 0.29) is 5.41 Å². The van der Waals surface area contributed by atoms with Crippen molar-refractivity contribution in [3.05, 3.63) is 42.8 Å². The van der Waals surface area contributed by atoms with Crippen LogP contribution in [0.5, 0.6) is 0 Å². The van der Waals surface area contributed by atoms with Gasteiger partial charge in [-0.1, -0.05) is 37.3 Å². The molecule has 1 aromatic rings. The standard InChI is InChI=1S/C11H16N/c1-11(2,9-12-3)10-7-5-4-6-8-10/h4-8,12H,1,9H2,2-3H3. The summed E-state index contributed by atoms with van der Waals surface area (Å²) in [5, 5.41) is 3.14. The van der Waals surface area contributed by atoms with Crippen LogP contribution in [0.4, 0.5) is 0 Å². The van der Waals surface area contributed by atoms with E-state index in [9.17, 15) is 0 Å². The van der Waals surface area contributed by atoms with Gasteiger partial charge in [0.2, 0.25) is 0 Å². The van der Waals surface area contributed by atoms with E-state index in [1.165, 1.54) is 5.56 Å². The molecule has 1 atom stereocenters. The molecule has 1 heteroatoms. The third-order valence-corrected chi connectivity index (χ3v) is 2.04. The second-order valence-electron chi connectivity index (χ2n) is 3.46. The molecule has 0 aliphatic carbocycles. The molecular weight excluding hydrogens is 146 g/mol. The highest BCUT2D eigenvalue weighted by Gasteiger charge is 2.18. The molecule has 1 nitrogen and oxygen atoms in total. The van der Waals surface area contributed by atoms with Crippen LogP contribution in [0.15, 0.2) is 30.3 Å². The summed E-state index contributed by atoms with van der Waals surface area (Å²) in [5.74, 6) is 0. The summed E-state index contributed by atoms with van der Waals surface area (Å²) in [5.41, 5.74) is 1.26. The normalized spacial score (nSPS) is 11.6. The Labute approximate surface area is 74.8 Å². The molecule has 0 aliphatic heterocycles. The Kier molecular flexibility index (Phi) is 2.88. The fraction of sp³-hybridized carbons (Fsp3) is 0.364. The molecule has 0 saturated carbocycles. The van der Waals surface area contributed by atoms with Gasteiger partial charge in [-0.3, -0.25) is 0 Å². The summed E-state index contributed by atoms with van der Waals surface area (Å²) in [6.07, 6.45) is 0. The lowest BCUT2D eigenvalue weighted by Gasteiger charge is -2.24. The van der Waals surface area contributed by atoms with Gasteiger partial charge in [-0.15, -0.1) is 0 Å². The number of hydrogen-bond acceptors (Lipinski definition) is 1. The lowest BCUT2D eigenvalue weighted by molar-refractivity contribution is 0.547. The topological polar surface area (TPSA) is 12.0 Å². The van der Waals surface area contributed by atoms with Crippen molar-refractivity contribution in [2.45, 2.75) is 12.3 Å². The summed E-state index contributed by atoms with van der Waals surface area (Å²) in [4.78, 5) is 0. The van der Waals surface area contributed by atoms with E-state index in [2.05, 4.69) is 43.4 Å². The first-order valence-electron chi connectivity index (χ1n) is 4.22. The molecule has 0 amide bonds. The average Bonchev–Trinajstić information content (AvgIpc) is 2.06. The van der Waals surface area contributed by atoms with Crippen molar-refractivity contribution in [1.29, 1.82) is 0 Å². The molecule has 0 aromatic heterocycles. The van der Waals surface area contributed by atoms with E-state index in [1.807, 2.05) is 13.1 Å². The maximum absolute atomic E-state index is 4.17. The molecule has 0 spiro atoms. The van der Waals surface area contributed by atoms with Crippen LogP contribution in [0, 0.1) is 6.92 Å². The molecule has 0 heterocycles. The maximum Gasteiger partial charge on any atom is 0.00497 e. The summed E-state index contributed by atoms with van der Waals surface area (Å²) in [6.45, 7) is 7.20. The van der Waals surface area contributed by atoms with Gasteiger partial charge in [0.25, 0.3) is 0 Å². The lowest BCUT2D eigenvalue weighted by Crippen LogP contribution is -2.30. The van der Waals surface area contributed by atoms with Crippen LogP contribution in [0.2, 0.25) is 0 Å². The fourth-order valence-corrected chi connectivity index (χ4v) is 1.33. The minimum absolute atomic E-state index is 0.0178. The van der Waals surface area contributed by atoms with Crippen molar-refractivity contribution < 1.29 is 0 Å². The third-order valence-electron chi connectivity index (χ3n) is 2.04. The summed E-state index contributed by atoms with van der Waals surface area (Å²) in [7, 11) is 1.95.